The highest BCUT2D eigenvalue weighted by Crippen LogP contribution is 2.51. The molecule has 0 spiro atoms. The standard InChI is InChI=1S/C33H44N8O2/c1-4-34-29-21-28-27(22-35-29)32(23-5-7-24(8-6-23)33(15-16-33)40-19-17-38(2)18-20-40)37-41(28)25-9-11-26(12-10-25)43-30-13-14-31(42)39(3)36-30/h5-8,13-14,21-22,25-26,31,42H,4,9-12,15-20H2,1-3H3,(H,34,35)/t25-,26+,31?. The van der Waals surface area contributed by atoms with E-state index in [2.05, 4.69) is 69.2 Å². The normalized spacial score (nSPS) is 26.0. The molecule has 3 fully saturated rings. The minimum absolute atomic E-state index is 0.103. The van der Waals surface area contributed by atoms with Crippen LogP contribution in [0.5, 0.6) is 0 Å². The molecule has 3 aromatic rings. The minimum Gasteiger partial charge on any atom is -0.473 e. The number of benzene rings is 1. The van der Waals surface area contributed by atoms with Crippen molar-refractivity contribution in [1.29, 1.82) is 0 Å². The van der Waals surface area contributed by atoms with Crippen molar-refractivity contribution in [3.05, 3.63) is 54.2 Å². The molecule has 1 saturated heterocycles. The summed E-state index contributed by atoms with van der Waals surface area (Å²) in [6.45, 7) is 7.50. The van der Waals surface area contributed by atoms with E-state index in [0.717, 1.165) is 86.4 Å². The van der Waals surface area contributed by atoms with Crippen LogP contribution in [0.25, 0.3) is 22.2 Å². The van der Waals surface area contributed by atoms with E-state index in [1.165, 1.54) is 23.4 Å². The summed E-state index contributed by atoms with van der Waals surface area (Å²) >= 11 is 0. The van der Waals surface area contributed by atoms with Gasteiger partial charge in [0.2, 0.25) is 5.90 Å². The van der Waals surface area contributed by atoms with E-state index in [9.17, 15) is 5.11 Å². The summed E-state index contributed by atoms with van der Waals surface area (Å²) in [5, 5.41) is 25.5. The molecule has 7 rings (SSSR count). The zero-order valence-corrected chi connectivity index (χ0v) is 25.6. The summed E-state index contributed by atoms with van der Waals surface area (Å²) < 4.78 is 8.44. The number of piperazine rings is 1. The van der Waals surface area contributed by atoms with Gasteiger partial charge in [0.15, 0.2) is 6.23 Å². The lowest BCUT2D eigenvalue weighted by molar-refractivity contribution is 0.0532. The Morgan fingerprint density at radius 1 is 1.02 bits per heavy atom. The van der Waals surface area contributed by atoms with Crippen LogP contribution in [0, 0.1) is 0 Å². The Balaban J connectivity index is 1.12. The number of ether oxygens (including phenoxy) is 1. The molecular weight excluding hydrogens is 540 g/mol. The molecule has 2 aliphatic heterocycles. The van der Waals surface area contributed by atoms with E-state index in [1.54, 1.807) is 19.2 Å². The van der Waals surface area contributed by atoms with Gasteiger partial charge in [0.1, 0.15) is 17.6 Å². The summed E-state index contributed by atoms with van der Waals surface area (Å²) in [6.07, 6.45) is 11.2. The number of aliphatic hydroxyl groups is 1. The Kier molecular flexibility index (Phi) is 7.61. The Bertz CT molecular complexity index is 1500. The van der Waals surface area contributed by atoms with Crippen LogP contribution in [-0.4, -0.2) is 99.7 Å². The number of nitrogens with one attached hydrogen (secondary N) is 1. The first-order valence-corrected chi connectivity index (χ1v) is 15.9. The van der Waals surface area contributed by atoms with Crippen LogP contribution >= 0.6 is 0 Å². The summed E-state index contributed by atoms with van der Waals surface area (Å²) in [6, 6.07) is 11.7. The average molecular weight is 585 g/mol. The zero-order chi connectivity index (χ0) is 29.6. The maximum Gasteiger partial charge on any atom is 0.230 e. The number of hydrazone groups is 1. The third kappa shape index (κ3) is 5.52. The first-order valence-electron chi connectivity index (χ1n) is 15.9. The van der Waals surface area contributed by atoms with E-state index in [1.807, 2.05) is 6.20 Å². The van der Waals surface area contributed by atoms with Gasteiger partial charge in [-0.3, -0.25) is 14.6 Å². The molecule has 10 heteroatoms. The Labute approximate surface area is 254 Å². The topological polar surface area (TPSA) is 94.3 Å². The second-order valence-electron chi connectivity index (χ2n) is 12.6. The predicted molar refractivity (Wildman–Crippen MR) is 170 cm³/mol. The molecule has 2 aromatic heterocycles. The fourth-order valence-corrected chi connectivity index (χ4v) is 7.06. The summed E-state index contributed by atoms with van der Waals surface area (Å²) in [5.74, 6) is 1.44. The molecule has 1 unspecified atom stereocenters. The molecule has 2 N–H and O–H groups in total. The third-order valence-electron chi connectivity index (χ3n) is 9.80. The van der Waals surface area contributed by atoms with Crippen molar-refractivity contribution in [2.45, 2.75) is 69.4 Å². The largest absolute Gasteiger partial charge is 0.473 e. The van der Waals surface area contributed by atoms with Crippen molar-refractivity contribution in [3.63, 3.8) is 0 Å². The Morgan fingerprint density at radius 3 is 2.44 bits per heavy atom. The number of anilines is 1. The monoisotopic (exact) mass is 584 g/mol. The summed E-state index contributed by atoms with van der Waals surface area (Å²) in [7, 11) is 3.97. The van der Waals surface area contributed by atoms with Crippen molar-refractivity contribution in [1.82, 2.24) is 29.6 Å². The van der Waals surface area contributed by atoms with Gasteiger partial charge in [-0.2, -0.15) is 5.10 Å². The van der Waals surface area contributed by atoms with E-state index in [4.69, 9.17) is 14.8 Å². The van der Waals surface area contributed by atoms with Gasteiger partial charge in [-0.05, 0) is 64.1 Å². The number of aliphatic hydroxyl groups excluding tert-OH is 1. The van der Waals surface area contributed by atoms with Crippen LogP contribution in [0.4, 0.5) is 5.82 Å². The lowest BCUT2D eigenvalue weighted by Gasteiger charge is -2.38. The van der Waals surface area contributed by atoms with Gasteiger partial charge in [0, 0.05) is 74.6 Å². The van der Waals surface area contributed by atoms with Crippen LogP contribution in [0.15, 0.2) is 53.8 Å². The first-order chi connectivity index (χ1) is 20.9. The molecule has 2 aliphatic carbocycles. The molecule has 2 saturated carbocycles. The van der Waals surface area contributed by atoms with Crippen molar-refractivity contribution in [2.24, 2.45) is 5.10 Å². The van der Waals surface area contributed by atoms with Crippen LogP contribution in [0.2, 0.25) is 0 Å². The number of likely N-dealkylation sites (N-methyl/N-ethyl adjacent to an activating group) is 2. The van der Waals surface area contributed by atoms with Gasteiger partial charge in [0.25, 0.3) is 0 Å². The van der Waals surface area contributed by atoms with Gasteiger partial charge < -0.3 is 20.1 Å². The average Bonchev–Trinajstić information content (AvgIpc) is 3.75. The lowest BCUT2D eigenvalue weighted by atomic mass is 9.93. The smallest absolute Gasteiger partial charge is 0.230 e. The maximum absolute atomic E-state index is 9.85. The van der Waals surface area contributed by atoms with E-state index < -0.39 is 6.23 Å². The van der Waals surface area contributed by atoms with Crippen molar-refractivity contribution >= 4 is 22.6 Å². The molecule has 4 heterocycles. The van der Waals surface area contributed by atoms with Crippen LogP contribution < -0.4 is 5.32 Å². The van der Waals surface area contributed by atoms with Crippen LogP contribution in [0.1, 0.15) is 57.1 Å². The van der Waals surface area contributed by atoms with Crippen molar-refractivity contribution in [3.8, 4) is 11.3 Å². The number of fused-ring (bicyclic) bond motifs is 1. The molecule has 4 aliphatic rings. The highest BCUT2D eigenvalue weighted by Gasteiger charge is 2.49. The number of aromatic nitrogens is 3. The molecule has 1 atom stereocenters. The fourth-order valence-electron chi connectivity index (χ4n) is 7.06. The SMILES string of the molecule is CCNc1cc2c(cn1)c(-c1ccc(C3(N4CCN(C)CC4)CC3)cc1)nn2[C@H]1CC[C@@H](OC2=NN(C)C(O)C=C2)CC1. The van der Waals surface area contributed by atoms with E-state index in [0.29, 0.717) is 5.90 Å². The second-order valence-corrected chi connectivity index (χ2v) is 12.6. The molecular formula is C33H44N8O2. The zero-order valence-electron chi connectivity index (χ0n) is 25.6. The number of hydrogen-bond acceptors (Lipinski definition) is 9. The molecule has 0 radical (unpaired) electrons. The summed E-state index contributed by atoms with van der Waals surface area (Å²) in [5.41, 5.74) is 4.93. The quantitative estimate of drug-likeness (QED) is 0.422. The van der Waals surface area contributed by atoms with Gasteiger partial charge in [-0.15, -0.1) is 5.10 Å². The highest BCUT2D eigenvalue weighted by atomic mass is 16.5. The number of rotatable bonds is 7. The first kappa shape index (κ1) is 28.3. The van der Waals surface area contributed by atoms with Crippen LogP contribution in [0.3, 0.4) is 0 Å². The van der Waals surface area contributed by atoms with E-state index >= 15 is 0 Å². The van der Waals surface area contributed by atoms with Gasteiger partial charge in [0.05, 0.1) is 11.6 Å². The van der Waals surface area contributed by atoms with Crippen molar-refractivity contribution < 1.29 is 9.84 Å². The van der Waals surface area contributed by atoms with Gasteiger partial charge in [-0.1, -0.05) is 24.3 Å². The van der Waals surface area contributed by atoms with Crippen LogP contribution in [-0.2, 0) is 10.3 Å². The van der Waals surface area contributed by atoms with Gasteiger partial charge >= 0.3 is 0 Å². The Morgan fingerprint density at radius 2 is 1.77 bits per heavy atom. The Hall–Kier alpha value is -3.47. The lowest BCUT2D eigenvalue weighted by Crippen LogP contribution is -2.49. The molecule has 228 valence electrons. The molecule has 0 bridgehead atoms. The highest BCUT2D eigenvalue weighted by molar-refractivity contribution is 5.94. The van der Waals surface area contributed by atoms with Crippen molar-refractivity contribution in [2.75, 3.05) is 52.1 Å². The predicted octanol–water partition coefficient (Wildman–Crippen LogP) is 4.40. The molecule has 10 nitrogen and oxygen atoms in total. The minimum atomic E-state index is -0.699. The number of pyridine rings is 1. The number of hydrogen-bond donors (Lipinski definition) is 2. The third-order valence-corrected chi connectivity index (χ3v) is 9.80. The van der Waals surface area contributed by atoms with Gasteiger partial charge in [-0.25, -0.2) is 4.98 Å². The second kappa shape index (κ2) is 11.6. The molecule has 43 heavy (non-hydrogen) atoms. The summed E-state index contributed by atoms with van der Waals surface area (Å²) in [4.78, 5) is 9.86. The maximum atomic E-state index is 9.85. The molecule has 1 aromatic carbocycles. The number of nitrogens with zero attached hydrogens (tertiary/aromatic N) is 7. The van der Waals surface area contributed by atoms with E-state index in [-0.39, 0.29) is 17.7 Å². The molecule has 0 amide bonds. The fraction of sp³-hybridized carbons (Fsp3) is 0.545.